The summed E-state index contributed by atoms with van der Waals surface area (Å²) in [4.78, 5) is 0. The normalized spacial score (nSPS) is 48.5. The van der Waals surface area contributed by atoms with Gasteiger partial charge in [0.1, 0.15) is 0 Å². The molecule has 0 N–H and O–H groups in total. The van der Waals surface area contributed by atoms with Crippen LogP contribution >= 0.6 is 0 Å². The zero-order valence-electron chi connectivity index (χ0n) is 15.4. The molecule has 0 aromatic rings. The molecule has 0 aliphatic heterocycles. The standard InChI is InChI=1S/C22H36/c1-7-18-20-16(4)14-17-10-8-9-12-22(17,6)19(20)11-13-21(18,5)15(2)3/h17-20H,2,4,7-14H2,1,3,5-6H3. The van der Waals surface area contributed by atoms with Gasteiger partial charge in [-0.3, -0.25) is 0 Å². The largest absolute Gasteiger partial charge is 0.0996 e. The van der Waals surface area contributed by atoms with Crippen molar-refractivity contribution in [3.05, 3.63) is 24.3 Å². The second kappa shape index (κ2) is 5.53. The van der Waals surface area contributed by atoms with Gasteiger partial charge in [0.05, 0.1) is 0 Å². The van der Waals surface area contributed by atoms with E-state index in [-0.39, 0.29) is 0 Å². The highest BCUT2D eigenvalue weighted by Gasteiger charge is 2.56. The molecular weight excluding hydrogens is 264 g/mol. The fraction of sp³-hybridized carbons (Fsp3) is 0.818. The van der Waals surface area contributed by atoms with Crippen molar-refractivity contribution < 1.29 is 0 Å². The SMILES string of the molecule is C=C1CC2CCCCC2(C)C2CCC(C)(C(=C)C)C(CC)C12. The van der Waals surface area contributed by atoms with Crippen molar-refractivity contribution in [1.29, 1.82) is 0 Å². The Kier molecular flexibility index (Phi) is 4.11. The van der Waals surface area contributed by atoms with Crippen molar-refractivity contribution >= 4 is 0 Å². The predicted octanol–water partition coefficient (Wildman–Crippen LogP) is 6.78. The molecule has 0 nitrogen and oxygen atoms in total. The van der Waals surface area contributed by atoms with Gasteiger partial charge >= 0.3 is 0 Å². The van der Waals surface area contributed by atoms with Gasteiger partial charge in [0.15, 0.2) is 0 Å². The third-order valence-electron chi connectivity index (χ3n) is 8.35. The molecule has 0 spiro atoms. The van der Waals surface area contributed by atoms with Crippen molar-refractivity contribution in [3.63, 3.8) is 0 Å². The van der Waals surface area contributed by atoms with Gasteiger partial charge in [-0.15, -0.1) is 0 Å². The van der Waals surface area contributed by atoms with Crippen LogP contribution in [0.25, 0.3) is 0 Å². The monoisotopic (exact) mass is 300 g/mol. The van der Waals surface area contributed by atoms with Crippen LogP contribution in [-0.4, -0.2) is 0 Å². The molecule has 3 rings (SSSR count). The van der Waals surface area contributed by atoms with Crippen LogP contribution in [0.3, 0.4) is 0 Å². The summed E-state index contributed by atoms with van der Waals surface area (Å²) in [6.45, 7) is 18.8. The van der Waals surface area contributed by atoms with Gasteiger partial charge in [-0.2, -0.15) is 0 Å². The van der Waals surface area contributed by atoms with E-state index in [4.69, 9.17) is 0 Å². The quantitative estimate of drug-likeness (QED) is 0.493. The Morgan fingerprint density at radius 2 is 1.91 bits per heavy atom. The van der Waals surface area contributed by atoms with Gasteiger partial charge < -0.3 is 0 Å². The van der Waals surface area contributed by atoms with E-state index in [0.29, 0.717) is 10.8 Å². The first kappa shape index (κ1) is 16.3. The van der Waals surface area contributed by atoms with Crippen molar-refractivity contribution in [3.8, 4) is 0 Å². The molecule has 3 aliphatic rings. The first-order valence-electron chi connectivity index (χ1n) is 9.68. The van der Waals surface area contributed by atoms with Crippen LogP contribution in [-0.2, 0) is 0 Å². The van der Waals surface area contributed by atoms with Crippen LogP contribution < -0.4 is 0 Å². The van der Waals surface area contributed by atoms with Crippen molar-refractivity contribution in [2.24, 2.45) is 34.5 Å². The molecule has 0 heterocycles. The van der Waals surface area contributed by atoms with E-state index in [0.717, 1.165) is 23.7 Å². The van der Waals surface area contributed by atoms with E-state index in [1.165, 1.54) is 56.9 Å². The average molecular weight is 301 g/mol. The summed E-state index contributed by atoms with van der Waals surface area (Å²) < 4.78 is 0. The van der Waals surface area contributed by atoms with E-state index >= 15 is 0 Å². The van der Waals surface area contributed by atoms with E-state index in [1.54, 1.807) is 5.57 Å². The number of hydrogen-bond acceptors (Lipinski definition) is 0. The van der Waals surface area contributed by atoms with E-state index < -0.39 is 0 Å². The lowest BCUT2D eigenvalue weighted by Crippen LogP contribution is -2.53. The maximum atomic E-state index is 4.61. The van der Waals surface area contributed by atoms with Gasteiger partial charge in [0.25, 0.3) is 0 Å². The highest BCUT2D eigenvalue weighted by Crippen LogP contribution is 2.65. The van der Waals surface area contributed by atoms with Crippen LogP contribution in [0.5, 0.6) is 0 Å². The second-order valence-electron chi connectivity index (χ2n) is 9.19. The molecule has 0 amide bonds. The van der Waals surface area contributed by atoms with Crippen molar-refractivity contribution in [2.75, 3.05) is 0 Å². The van der Waals surface area contributed by atoms with Crippen molar-refractivity contribution in [1.82, 2.24) is 0 Å². The van der Waals surface area contributed by atoms with Gasteiger partial charge in [-0.25, -0.2) is 0 Å². The molecule has 3 saturated carbocycles. The molecular formula is C22H36. The minimum Gasteiger partial charge on any atom is -0.0996 e. The lowest BCUT2D eigenvalue weighted by Gasteiger charge is -2.62. The second-order valence-corrected chi connectivity index (χ2v) is 9.19. The Labute approximate surface area is 138 Å². The first-order valence-corrected chi connectivity index (χ1v) is 9.68. The zero-order chi connectivity index (χ0) is 16.1. The minimum absolute atomic E-state index is 0.330. The van der Waals surface area contributed by atoms with Gasteiger partial charge in [0, 0.05) is 0 Å². The Bertz CT molecular complexity index is 472. The van der Waals surface area contributed by atoms with E-state index in [1.807, 2.05) is 0 Å². The van der Waals surface area contributed by atoms with Gasteiger partial charge in [-0.05, 0) is 73.5 Å². The van der Waals surface area contributed by atoms with Crippen LogP contribution in [0.4, 0.5) is 0 Å². The molecule has 0 radical (unpaired) electrons. The average Bonchev–Trinajstić information content (AvgIpc) is 2.48. The Morgan fingerprint density at radius 1 is 1.18 bits per heavy atom. The summed E-state index contributed by atoms with van der Waals surface area (Å²) in [6.07, 6.45) is 11.2. The highest BCUT2D eigenvalue weighted by molar-refractivity contribution is 5.23. The van der Waals surface area contributed by atoms with Crippen LogP contribution in [0.2, 0.25) is 0 Å². The Balaban J connectivity index is 1.99. The summed E-state index contributed by atoms with van der Waals surface area (Å²) in [5.74, 6) is 3.31. The van der Waals surface area contributed by atoms with Crippen molar-refractivity contribution in [2.45, 2.75) is 79.1 Å². The van der Waals surface area contributed by atoms with Crippen LogP contribution in [0.1, 0.15) is 79.1 Å². The molecule has 3 aliphatic carbocycles. The van der Waals surface area contributed by atoms with E-state index in [2.05, 4.69) is 40.9 Å². The fourth-order valence-electron chi connectivity index (χ4n) is 6.75. The maximum Gasteiger partial charge on any atom is -0.00878 e. The zero-order valence-corrected chi connectivity index (χ0v) is 15.4. The number of fused-ring (bicyclic) bond motifs is 3. The number of allylic oxidation sites excluding steroid dienone is 2. The van der Waals surface area contributed by atoms with Crippen LogP contribution in [0, 0.1) is 34.5 Å². The lowest BCUT2D eigenvalue weighted by molar-refractivity contribution is -0.0775. The number of rotatable bonds is 2. The Hall–Kier alpha value is -0.520. The molecule has 6 unspecified atom stereocenters. The summed E-state index contributed by atoms with van der Waals surface area (Å²) in [5.41, 5.74) is 3.92. The van der Waals surface area contributed by atoms with E-state index in [9.17, 15) is 0 Å². The predicted molar refractivity (Wildman–Crippen MR) is 96.7 cm³/mol. The highest BCUT2D eigenvalue weighted by atomic mass is 14.6. The Morgan fingerprint density at radius 3 is 2.55 bits per heavy atom. The lowest BCUT2D eigenvalue weighted by atomic mass is 9.43. The topological polar surface area (TPSA) is 0 Å². The molecule has 0 saturated heterocycles. The third kappa shape index (κ3) is 2.16. The smallest absolute Gasteiger partial charge is 0.00878 e. The molecule has 124 valence electrons. The molecule has 0 aromatic carbocycles. The number of hydrogen-bond donors (Lipinski definition) is 0. The third-order valence-corrected chi connectivity index (χ3v) is 8.35. The summed E-state index contributed by atoms with van der Waals surface area (Å²) in [6, 6.07) is 0. The van der Waals surface area contributed by atoms with Gasteiger partial charge in [0.2, 0.25) is 0 Å². The molecule has 22 heavy (non-hydrogen) atoms. The van der Waals surface area contributed by atoms with Gasteiger partial charge in [-0.1, -0.05) is 64.3 Å². The minimum atomic E-state index is 0.330. The molecule has 0 heteroatoms. The first-order chi connectivity index (χ1) is 10.3. The molecule has 6 atom stereocenters. The molecule has 0 aromatic heterocycles. The maximum absolute atomic E-state index is 4.61. The fourth-order valence-corrected chi connectivity index (χ4v) is 6.75. The summed E-state index contributed by atoms with van der Waals surface area (Å²) >= 11 is 0. The van der Waals surface area contributed by atoms with Crippen LogP contribution in [0.15, 0.2) is 24.3 Å². The molecule has 0 bridgehead atoms. The summed E-state index contributed by atoms with van der Waals surface area (Å²) in [7, 11) is 0. The molecule has 3 fully saturated rings. The summed E-state index contributed by atoms with van der Waals surface area (Å²) in [5, 5.41) is 0.